The molecule has 132 valence electrons. The Hall–Kier alpha value is -3.41. The smallest absolute Gasteiger partial charge is 0.335 e. The largest absolute Gasteiger partial charge is 0.478 e. The number of carboxylic acid groups (broad SMARTS) is 1. The number of ether oxygens (including phenoxy) is 1. The fourth-order valence-corrected chi connectivity index (χ4v) is 2.96. The van der Waals surface area contributed by atoms with E-state index in [1.54, 1.807) is 13.8 Å². The lowest BCUT2D eigenvalue weighted by atomic mass is 9.92. The molecule has 0 aromatic heterocycles. The van der Waals surface area contributed by atoms with Gasteiger partial charge in [-0.25, -0.2) is 4.79 Å². The van der Waals surface area contributed by atoms with Crippen molar-refractivity contribution in [1.29, 1.82) is 0 Å². The van der Waals surface area contributed by atoms with Gasteiger partial charge in [0.1, 0.15) is 5.60 Å². The van der Waals surface area contributed by atoms with Gasteiger partial charge in [-0.1, -0.05) is 42.5 Å². The highest BCUT2D eigenvalue weighted by Crippen LogP contribution is 2.37. The van der Waals surface area contributed by atoms with Gasteiger partial charge < -0.3 is 9.84 Å². The molecule has 3 aromatic rings. The van der Waals surface area contributed by atoms with Gasteiger partial charge in [0.25, 0.3) is 0 Å². The SMILES string of the molecule is CC(C)(Oc1cc(C(=O)O)ccc1[N+](=O)[O-])c1cccc2ccccc12. The van der Waals surface area contributed by atoms with Crippen LogP contribution in [0.1, 0.15) is 29.8 Å². The van der Waals surface area contributed by atoms with Crippen LogP contribution in [0.5, 0.6) is 5.75 Å². The first kappa shape index (κ1) is 17.4. The Bertz CT molecular complexity index is 1000. The number of nitrogens with zero attached hydrogens (tertiary/aromatic N) is 1. The van der Waals surface area contributed by atoms with Crippen LogP contribution in [0.25, 0.3) is 10.8 Å². The number of carbonyl (C=O) groups is 1. The van der Waals surface area contributed by atoms with E-state index in [0.29, 0.717) is 0 Å². The molecule has 6 heteroatoms. The molecule has 0 unspecified atom stereocenters. The van der Waals surface area contributed by atoms with E-state index in [-0.39, 0.29) is 17.0 Å². The molecule has 0 spiro atoms. The van der Waals surface area contributed by atoms with E-state index in [9.17, 15) is 20.0 Å². The van der Waals surface area contributed by atoms with Gasteiger partial charge in [0.15, 0.2) is 5.75 Å². The number of rotatable bonds is 5. The molecule has 0 atom stereocenters. The number of aromatic carboxylic acids is 1. The Balaban J connectivity index is 2.10. The molecule has 3 aromatic carbocycles. The third-order valence-corrected chi connectivity index (χ3v) is 4.21. The van der Waals surface area contributed by atoms with E-state index in [4.69, 9.17) is 4.74 Å². The molecule has 0 aliphatic rings. The highest BCUT2D eigenvalue weighted by atomic mass is 16.6. The molecule has 0 fully saturated rings. The molecule has 3 rings (SSSR count). The van der Waals surface area contributed by atoms with Crippen molar-refractivity contribution in [2.75, 3.05) is 0 Å². The first-order valence-corrected chi connectivity index (χ1v) is 7.98. The van der Waals surface area contributed by atoms with Crippen LogP contribution in [-0.4, -0.2) is 16.0 Å². The van der Waals surface area contributed by atoms with Crippen molar-refractivity contribution in [3.05, 3.63) is 81.9 Å². The van der Waals surface area contributed by atoms with Crippen molar-refractivity contribution < 1.29 is 19.6 Å². The molecule has 0 amide bonds. The molecule has 0 aliphatic carbocycles. The predicted octanol–water partition coefficient (Wildman–Crippen LogP) is 4.76. The normalized spacial score (nSPS) is 11.3. The predicted molar refractivity (Wildman–Crippen MR) is 97.7 cm³/mol. The van der Waals surface area contributed by atoms with Crippen molar-refractivity contribution in [3.63, 3.8) is 0 Å². The highest BCUT2D eigenvalue weighted by Gasteiger charge is 2.29. The summed E-state index contributed by atoms with van der Waals surface area (Å²) in [6.07, 6.45) is 0. The summed E-state index contributed by atoms with van der Waals surface area (Å²) in [6, 6.07) is 17.1. The minimum atomic E-state index is -1.17. The number of nitro benzene ring substituents is 1. The zero-order chi connectivity index (χ0) is 18.9. The molecule has 0 radical (unpaired) electrons. The lowest BCUT2D eigenvalue weighted by Gasteiger charge is -2.28. The third kappa shape index (κ3) is 3.21. The number of hydrogen-bond donors (Lipinski definition) is 1. The van der Waals surface area contributed by atoms with Crippen LogP contribution in [0.15, 0.2) is 60.7 Å². The van der Waals surface area contributed by atoms with Crippen LogP contribution >= 0.6 is 0 Å². The maximum absolute atomic E-state index is 11.3. The van der Waals surface area contributed by atoms with Crippen molar-refractivity contribution in [2.24, 2.45) is 0 Å². The topological polar surface area (TPSA) is 89.7 Å². The van der Waals surface area contributed by atoms with Crippen molar-refractivity contribution >= 4 is 22.4 Å². The molecule has 0 saturated carbocycles. The number of carboxylic acids is 1. The summed E-state index contributed by atoms with van der Waals surface area (Å²) in [7, 11) is 0. The average molecular weight is 351 g/mol. The fourth-order valence-electron chi connectivity index (χ4n) is 2.96. The van der Waals surface area contributed by atoms with Crippen LogP contribution in [0.3, 0.4) is 0 Å². The minimum absolute atomic E-state index is 0.0701. The van der Waals surface area contributed by atoms with E-state index >= 15 is 0 Å². The Kier molecular flexibility index (Phi) is 4.34. The first-order valence-electron chi connectivity index (χ1n) is 7.98. The quantitative estimate of drug-likeness (QED) is 0.529. The van der Waals surface area contributed by atoms with Gasteiger partial charge in [-0.15, -0.1) is 0 Å². The van der Waals surface area contributed by atoms with E-state index in [1.807, 2.05) is 42.5 Å². The summed E-state index contributed by atoms with van der Waals surface area (Å²) >= 11 is 0. The highest BCUT2D eigenvalue weighted by molar-refractivity contribution is 5.89. The zero-order valence-corrected chi connectivity index (χ0v) is 14.3. The van der Waals surface area contributed by atoms with Crippen LogP contribution in [0.4, 0.5) is 5.69 Å². The van der Waals surface area contributed by atoms with Crippen LogP contribution in [0.2, 0.25) is 0 Å². The molecule has 6 nitrogen and oxygen atoms in total. The average Bonchev–Trinajstić information content (AvgIpc) is 2.60. The fraction of sp³-hybridized carbons (Fsp3) is 0.150. The maximum Gasteiger partial charge on any atom is 0.335 e. The molecular formula is C20H17NO5. The van der Waals surface area contributed by atoms with Crippen LogP contribution < -0.4 is 4.74 Å². The van der Waals surface area contributed by atoms with Crippen molar-refractivity contribution in [2.45, 2.75) is 19.4 Å². The summed E-state index contributed by atoms with van der Waals surface area (Å²) in [5.74, 6) is -1.25. The van der Waals surface area contributed by atoms with Gasteiger partial charge in [-0.05, 0) is 30.7 Å². The van der Waals surface area contributed by atoms with Crippen molar-refractivity contribution in [3.8, 4) is 5.75 Å². The van der Waals surface area contributed by atoms with Crippen molar-refractivity contribution in [1.82, 2.24) is 0 Å². The standard InChI is InChI=1S/C20H17NO5/c1-20(2,16-9-5-7-13-6-3-4-8-15(13)16)26-18-12-14(19(22)23)10-11-17(18)21(24)25/h3-12H,1-2H3,(H,22,23). The molecule has 0 heterocycles. The molecule has 0 bridgehead atoms. The summed E-state index contributed by atoms with van der Waals surface area (Å²) in [6.45, 7) is 3.60. The lowest BCUT2D eigenvalue weighted by Crippen LogP contribution is -2.26. The number of fused-ring (bicyclic) bond motifs is 1. The van der Waals surface area contributed by atoms with E-state index in [2.05, 4.69) is 0 Å². The molecule has 26 heavy (non-hydrogen) atoms. The number of hydrogen-bond acceptors (Lipinski definition) is 4. The van der Waals surface area contributed by atoms with Gasteiger partial charge in [0.05, 0.1) is 10.5 Å². The molecule has 1 N–H and O–H groups in total. The van der Waals surface area contributed by atoms with Crippen LogP contribution in [-0.2, 0) is 5.60 Å². The summed E-state index contributed by atoms with van der Waals surface area (Å²) < 4.78 is 5.97. The number of benzene rings is 3. The van der Waals surface area contributed by atoms with Gasteiger partial charge in [-0.2, -0.15) is 0 Å². The molecule has 0 saturated heterocycles. The summed E-state index contributed by atoms with van der Waals surface area (Å²) in [4.78, 5) is 22.0. The Morgan fingerprint density at radius 3 is 2.46 bits per heavy atom. The van der Waals surface area contributed by atoms with Gasteiger partial charge in [0.2, 0.25) is 0 Å². The minimum Gasteiger partial charge on any atom is -0.478 e. The second kappa shape index (κ2) is 6.48. The second-order valence-corrected chi connectivity index (χ2v) is 6.38. The lowest BCUT2D eigenvalue weighted by molar-refractivity contribution is -0.386. The van der Waals surface area contributed by atoms with E-state index in [0.717, 1.165) is 22.4 Å². The summed E-state index contributed by atoms with van der Waals surface area (Å²) in [5.41, 5.74) is -0.406. The Morgan fingerprint density at radius 2 is 1.77 bits per heavy atom. The zero-order valence-electron chi connectivity index (χ0n) is 14.3. The first-order chi connectivity index (χ1) is 12.3. The third-order valence-electron chi connectivity index (χ3n) is 4.21. The second-order valence-electron chi connectivity index (χ2n) is 6.38. The van der Waals surface area contributed by atoms with Crippen LogP contribution in [0, 0.1) is 10.1 Å². The van der Waals surface area contributed by atoms with Gasteiger partial charge in [0, 0.05) is 17.7 Å². The van der Waals surface area contributed by atoms with Gasteiger partial charge in [-0.3, -0.25) is 10.1 Å². The number of nitro groups is 1. The maximum atomic E-state index is 11.3. The van der Waals surface area contributed by atoms with E-state index < -0.39 is 16.5 Å². The molecule has 0 aliphatic heterocycles. The van der Waals surface area contributed by atoms with E-state index in [1.165, 1.54) is 12.1 Å². The molecular weight excluding hydrogens is 334 g/mol. The van der Waals surface area contributed by atoms with Gasteiger partial charge >= 0.3 is 11.7 Å². The summed E-state index contributed by atoms with van der Waals surface area (Å²) in [5, 5.41) is 22.5. The Labute approximate surface area is 149 Å². The Morgan fingerprint density at radius 1 is 1.08 bits per heavy atom. The monoisotopic (exact) mass is 351 g/mol.